The van der Waals surface area contributed by atoms with Gasteiger partial charge in [-0.15, -0.1) is 0 Å². The first kappa shape index (κ1) is 36.9. The molecule has 1 aliphatic heterocycles. The fourth-order valence-electron chi connectivity index (χ4n) is 6.19. The number of anilines is 1. The first-order valence-corrected chi connectivity index (χ1v) is 17.7. The molecule has 1 atom stereocenters. The molecule has 2 heterocycles. The van der Waals surface area contributed by atoms with Crippen LogP contribution >= 0.6 is 0 Å². The van der Waals surface area contributed by atoms with Crippen LogP contribution in [0.15, 0.2) is 65.8 Å². The third kappa shape index (κ3) is 7.38. The highest BCUT2D eigenvalue weighted by Gasteiger charge is 2.48. The molecule has 0 spiro atoms. The van der Waals surface area contributed by atoms with Crippen LogP contribution in [0.4, 0.5) is 32.0 Å². The molecule has 1 saturated heterocycles. The van der Waals surface area contributed by atoms with Gasteiger partial charge in [-0.3, -0.25) is 24.4 Å². The number of halogens is 6. The Morgan fingerprint density at radius 3 is 2.12 bits per heavy atom. The monoisotopic (exact) mass is 747 g/mol. The van der Waals surface area contributed by atoms with Crippen molar-refractivity contribution in [2.24, 2.45) is 0 Å². The number of benzene rings is 3. The molecule has 1 aliphatic carbocycles. The second kappa shape index (κ2) is 15.4. The number of aromatic nitrogens is 2. The van der Waals surface area contributed by atoms with Crippen LogP contribution in [0.1, 0.15) is 71.8 Å². The van der Waals surface area contributed by atoms with Gasteiger partial charge in [0.25, 0.3) is 5.91 Å². The zero-order chi connectivity index (χ0) is 37.2. The van der Waals surface area contributed by atoms with Gasteiger partial charge in [0.2, 0.25) is 21.7 Å². The second-order valence-electron chi connectivity index (χ2n) is 12.4. The zero-order valence-corrected chi connectivity index (χ0v) is 28.1. The Labute approximate surface area is 294 Å². The molecule has 1 aromatic heterocycles. The number of hydrogen-bond donors (Lipinski definition) is 1. The highest BCUT2D eigenvalue weighted by atomic mass is 32.2. The van der Waals surface area contributed by atoms with E-state index in [-0.39, 0.29) is 34.5 Å². The van der Waals surface area contributed by atoms with E-state index < -0.39 is 86.5 Å². The number of hydroxylamine groups is 1. The minimum Gasteiger partial charge on any atom is -0.302 e. The molecular weight excluding hydrogens is 716 g/mol. The Bertz CT molecular complexity index is 2060. The molecule has 4 aromatic rings. The maximum absolute atomic E-state index is 15.8. The number of carbonyl (C=O) groups excluding carboxylic acids is 2. The van der Waals surface area contributed by atoms with Crippen LogP contribution in [-0.4, -0.2) is 47.1 Å². The number of nitrogens with zero attached hydrogens (tertiary/aromatic N) is 4. The maximum atomic E-state index is 15.8. The number of sulfonamides is 1. The summed E-state index contributed by atoms with van der Waals surface area (Å²) in [5.74, 6) is -15.5. The highest BCUT2D eigenvalue weighted by Crippen LogP contribution is 2.36. The van der Waals surface area contributed by atoms with Crippen molar-refractivity contribution in [2.45, 2.75) is 68.5 Å². The lowest BCUT2D eigenvalue weighted by Crippen LogP contribution is -2.59. The molecule has 2 aliphatic rings. The quantitative estimate of drug-likeness (QED) is 0.0838. The van der Waals surface area contributed by atoms with Crippen LogP contribution in [0, 0.1) is 34.9 Å². The fraction of sp³-hybridized carbons (Fsp3) is 0.314. The van der Waals surface area contributed by atoms with Crippen molar-refractivity contribution in [1.29, 1.82) is 0 Å². The standard InChI is InChI=1S/C35H31F6N5O5S/c36-24-15-22(34(47)44-51-19-20-7-3-1-4-8-20)11-12-26(24)45(18-23-16-43-25(17-42-23)21-9-5-2-6-10-21)35(48)27-13-14-46(27)52(49,50)33-31(40)29(38)28(37)30(39)32(33)41/h1,3-4,7-8,11-12,15-17,21,27H,2,5-6,9-10,13-14,18-19H2,(H,44,47). The molecule has 10 nitrogen and oxygen atoms in total. The van der Waals surface area contributed by atoms with Gasteiger partial charge >= 0.3 is 0 Å². The van der Waals surface area contributed by atoms with Crippen LogP contribution in [0.2, 0.25) is 0 Å². The Morgan fingerprint density at radius 1 is 0.846 bits per heavy atom. The Balaban J connectivity index is 1.28. The van der Waals surface area contributed by atoms with Gasteiger partial charge in [0.15, 0.2) is 28.2 Å². The smallest absolute Gasteiger partial charge is 0.274 e. The summed E-state index contributed by atoms with van der Waals surface area (Å²) in [7, 11) is -5.48. The van der Waals surface area contributed by atoms with E-state index in [9.17, 15) is 40.0 Å². The summed E-state index contributed by atoms with van der Waals surface area (Å²) < 4.78 is 114. The molecule has 6 rings (SSSR count). The molecule has 0 radical (unpaired) electrons. The first-order valence-electron chi connectivity index (χ1n) is 16.3. The van der Waals surface area contributed by atoms with Crippen molar-refractivity contribution in [2.75, 3.05) is 11.4 Å². The van der Waals surface area contributed by atoms with Crippen LogP contribution in [0.5, 0.6) is 0 Å². The molecule has 274 valence electrons. The van der Waals surface area contributed by atoms with Gasteiger partial charge in [-0.2, -0.15) is 4.31 Å². The van der Waals surface area contributed by atoms with Crippen molar-refractivity contribution in [1.82, 2.24) is 19.8 Å². The van der Waals surface area contributed by atoms with Crippen molar-refractivity contribution < 1.29 is 49.2 Å². The second-order valence-corrected chi connectivity index (χ2v) is 14.2. The lowest BCUT2D eigenvalue weighted by atomic mass is 9.87. The number of rotatable bonds is 11. The molecule has 2 amide bonds. The van der Waals surface area contributed by atoms with Crippen molar-refractivity contribution in [3.63, 3.8) is 0 Å². The molecule has 52 heavy (non-hydrogen) atoms. The molecule has 2 fully saturated rings. The summed E-state index contributed by atoms with van der Waals surface area (Å²) in [6.45, 7) is -0.972. The predicted octanol–water partition coefficient (Wildman–Crippen LogP) is 6.22. The van der Waals surface area contributed by atoms with Crippen LogP contribution in [-0.2, 0) is 32.8 Å². The van der Waals surface area contributed by atoms with Gasteiger partial charge in [-0.25, -0.2) is 40.2 Å². The van der Waals surface area contributed by atoms with Crippen molar-refractivity contribution >= 4 is 27.5 Å². The van der Waals surface area contributed by atoms with Gasteiger partial charge < -0.3 is 4.90 Å². The number of nitrogens with one attached hydrogen (secondary N) is 1. The summed E-state index contributed by atoms with van der Waals surface area (Å²) in [6, 6.07) is 10.2. The first-order chi connectivity index (χ1) is 24.9. The summed E-state index contributed by atoms with van der Waals surface area (Å²) in [6.07, 6.45) is 7.73. The third-order valence-corrected chi connectivity index (χ3v) is 11.0. The number of carbonyl (C=O) groups is 2. The van der Waals surface area contributed by atoms with E-state index in [1.54, 1.807) is 30.3 Å². The van der Waals surface area contributed by atoms with E-state index in [1.165, 1.54) is 18.5 Å². The minimum atomic E-state index is -5.48. The topological polar surface area (TPSA) is 122 Å². The predicted molar refractivity (Wildman–Crippen MR) is 173 cm³/mol. The lowest BCUT2D eigenvalue weighted by Gasteiger charge is -2.41. The summed E-state index contributed by atoms with van der Waals surface area (Å²) in [4.78, 5) is 39.6. The normalized spacial score (nSPS) is 16.7. The molecule has 0 bridgehead atoms. The Kier molecular flexibility index (Phi) is 10.9. The summed E-state index contributed by atoms with van der Waals surface area (Å²) in [5.41, 5.74) is 3.22. The largest absolute Gasteiger partial charge is 0.302 e. The van der Waals surface area contributed by atoms with Crippen LogP contribution in [0.25, 0.3) is 0 Å². The van der Waals surface area contributed by atoms with E-state index in [0.717, 1.165) is 60.4 Å². The van der Waals surface area contributed by atoms with E-state index in [0.29, 0.717) is 0 Å². The van der Waals surface area contributed by atoms with Crippen LogP contribution < -0.4 is 10.4 Å². The molecule has 17 heteroatoms. The molecule has 1 unspecified atom stereocenters. The number of hydrogen-bond acceptors (Lipinski definition) is 7. The van der Waals surface area contributed by atoms with Gasteiger partial charge in [0, 0.05) is 24.2 Å². The van der Waals surface area contributed by atoms with E-state index >= 15 is 4.39 Å². The van der Waals surface area contributed by atoms with Gasteiger partial charge in [0.05, 0.1) is 36.4 Å². The fourth-order valence-corrected chi connectivity index (χ4v) is 7.93. The SMILES string of the molecule is O=C(NOCc1ccccc1)c1ccc(N(Cc2cnc(C3CCCCC3)cn2)C(=O)C2CCN2S(=O)(=O)c2c(F)c(F)c(F)c(F)c2F)c(F)c1. The van der Waals surface area contributed by atoms with Gasteiger partial charge in [0.1, 0.15) is 11.9 Å². The third-order valence-electron chi connectivity index (χ3n) is 9.07. The summed E-state index contributed by atoms with van der Waals surface area (Å²) >= 11 is 0. The highest BCUT2D eigenvalue weighted by molar-refractivity contribution is 7.89. The molecule has 3 aromatic carbocycles. The Hall–Kier alpha value is -4.87. The van der Waals surface area contributed by atoms with E-state index in [2.05, 4.69) is 15.4 Å². The zero-order valence-electron chi connectivity index (χ0n) is 27.3. The lowest BCUT2D eigenvalue weighted by molar-refractivity contribution is -0.125. The van der Waals surface area contributed by atoms with Crippen molar-refractivity contribution in [3.05, 3.63) is 118 Å². The van der Waals surface area contributed by atoms with Gasteiger partial charge in [-0.05, 0) is 43.0 Å². The Morgan fingerprint density at radius 2 is 1.52 bits per heavy atom. The molecule has 1 saturated carbocycles. The van der Waals surface area contributed by atoms with Gasteiger partial charge in [-0.1, -0.05) is 49.6 Å². The maximum Gasteiger partial charge on any atom is 0.274 e. The molecule has 1 N–H and O–H groups in total. The minimum absolute atomic E-state index is 0.0157. The van der Waals surface area contributed by atoms with E-state index in [1.807, 2.05) is 0 Å². The molecular formula is C35H31F6N5O5S. The van der Waals surface area contributed by atoms with Crippen LogP contribution in [0.3, 0.4) is 0 Å². The average Bonchev–Trinajstić information content (AvgIpc) is 3.12. The average molecular weight is 748 g/mol. The summed E-state index contributed by atoms with van der Waals surface area (Å²) in [5, 5.41) is 0. The van der Waals surface area contributed by atoms with E-state index in [4.69, 9.17) is 4.84 Å². The number of amides is 2. The van der Waals surface area contributed by atoms with Crippen molar-refractivity contribution in [3.8, 4) is 0 Å².